The quantitative estimate of drug-likeness (QED) is 0.642. The molecule has 0 bridgehead atoms. The van der Waals surface area contributed by atoms with Crippen LogP contribution >= 0.6 is 0 Å². The van der Waals surface area contributed by atoms with Gasteiger partial charge in [-0.25, -0.2) is 8.42 Å². The number of ether oxygens (including phenoxy) is 1. The highest BCUT2D eigenvalue weighted by Gasteiger charge is 2.34. The first-order chi connectivity index (χ1) is 12.3. The van der Waals surface area contributed by atoms with Crippen molar-refractivity contribution >= 4 is 21.8 Å². The van der Waals surface area contributed by atoms with Gasteiger partial charge in [-0.3, -0.25) is 14.5 Å². The van der Waals surface area contributed by atoms with Crippen LogP contribution in [-0.4, -0.2) is 71.1 Å². The van der Waals surface area contributed by atoms with Crippen LogP contribution in [0.4, 0.5) is 0 Å². The number of likely N-dealkylation sites (tertiary alicyclic amines) is 1. The van der Waals surface area contributed by atoms with Crippen molar-refractivity contribution < 1.29 is 22.7 Å². The third-order valence-electron chi connectivity index (χ3n) is 4.52. The Bertz CT molecular complexity index is 764. The van der Waals surface area contributed by atoms with E-state index in [2.05, 4.69) is 10.2 Å². The molecule has 0 N–H and O–H groups in total. The zero-order chi connectivity index (χ0) is 18.7. The lowest BCUT2D eigenvalue weighted by Gasteiger charge is -2.25. The zero-order valence-corrected chi connectivity index (χ0v) is 15.4. The Balaban J connectivity index is 1.54. The van der Waals surface area contributed by atoms with Gasteiger partial charge in [-0.2, -0.15) is 9.40 Å². The maximum atomic E-state index is 12.5. The van der Waals surface area contributed by atoms with E-state index in [-0.39, 0.29) is 36.8 Å². The molecule has 2 amide bonds. The van der Waals surface area contributed by atoms with Gasteiger partial charge in [0.1, 0.15) is 6.10 Å². The van der Waals surface area contributed by atoms with Crippen molar-refractivity contribution in [3.63, 3.8) is 0 Å². The van der Waals surface area contributed by atoms with E-state index in [9.17, 15) is 18.0 Å². The van der Waals surface area contributed by atoms with Gasteiger partial charge in [0.15, 0.2) is 0 Å². The number of hydrogen-bond donors (Lipinski definition) is 0. The molecular weight excluding hydrogens is 360 g/mol. The molecule has 3 rings (SSSR count). The van der Waals surface area contributed by atoms with Crippen molar-refractivity contribution in [2.75, 3.05) is 25.4 Å². The lowest BCUT2D eigenvalue weighted by Crippen LogP contribution is -2.44. The molecule has 0 aromatic carbocycles. The Morgan fingerprint density at radius 1 is 1.19 bits per heavy atom. The van der Waals surface area contributed by atoms with Crippen molar-refractivity contribution in [2.24, 2.45) is 0 Å². The van der Waals surface area contributed by atoms with Gasteiger partial charge in [-0.1, -0.05) is 0 Å². The lowest BCUT2D eigenvalue weighted by atomic mass is 10.1. The molecule has 0 radical (unpaired) electrons. The molecule has 1 atom stereocenters. The minimum atomic E-state index is -3.57. The van der Waals surface area contributed by atoms with Gasteiger partial charge in [0.2, 0.25) is 27.7 Å². The second-order valence-corrected chi connectivity index (χ2v) is 8.60. The summed E-state index contributed by atoms with van der Waals surface area (Å²) in [6, 6.07) is 3.48. The van der Waals surface area contributed by atoms with Gasteiger partial charge in [0.25, 0.3) is 0 Å². The fraction of sp³-hybridized carbons (Fsp3) is 0.625. The van der Waals surface area contributed by atoms with Crippen LogP contribution in [0.25, 0.3) is 0 Å². The first-order valence-corrected chi connectivity index (χ1v) is 10.2. The minimum Gasteiger partial charge on any atom is -0.472 e. The highest BCUT2D eigenvalue weighted by molar-refractivity contribution is 7.89. The second kappa shape index (κ2) is 7.67. The lowest BCUT2D eigenvalue weighted by molar-refractivity contribution is -0.147. The normalized spacial score (nSPS) is 22.0. The number of rotatable bonds is 6. The third kappa shape index (κ3) is 4.36. The molecule has 0 spiro atoms. The van der Waals surface area contributed by atoms with Gasteiger partial charge in [-0.05, 0) is 25.8 Å². The molecule has 3 heterocycles. The number of nitrogens with zero attached hydrogens (tertiary/aromatic N) is 4. The van der Waals surface area contributed by atoms with E-state index in [1.54, 1.807) is 12.1 Å². The maximum Gasteiger partial charge on any atom is 0.233 e. The van der Waals surface area contributed by atoms with Gasteiger partial charge < -0.3 is 4.74 Å². The first kappa shape index (κ1) is 18.7. The predicted octanol–water partition coefficient (Wildman–Crippen LogP) is 0.107. The third-order valence-corrected chi connectivity index (χ3v) is 6.34. The monoisotopic (exact) mass is 382 g/mol. The average molecular weight is 382 g/mol. The molecule has 2 aliphatic rings. The second-order valence-electron chi connectivity index (χ2n) is 6.51. The van der Waals surface area contributed by atoms with E-state index in [0.29, 0.717) is 38.1 Å². The Hall–Kier alpha value is -2.07. The molecule has 0 aliphatic carbocycles. The summed E-state index contributed by atoms with van der Waals surface area (Å²) in [6.07, 6.45) is 1.39. The Morgan fingerprint density at radius 3 is 2.58 bits per heavy atom. The minimum absolute atomic E-state index is 0.0918. The Morgan fingerprint density at radius 2 is 1.92 bits per heavy atom. The summed E-state index contributed by atoms with van der Waals surface area (Å²) in [5, 5.41) is 7.83. The van der Waals surface area contributed by atoms with Crippen molar-refractivity contribution in [2.45, 2.75) is 38.7 Å². The standard InChI is InChI=1S/C16H22N4O5S/c1-12-5-6-14(18-17-12)25-13-7-8-19(11-13)26(23,24)10-9-20-15(21)3-2-4-16(20)22/h5-6,13H,2-4,7-11H2,1H3. The van der Waals surface area contributed by atoms with Crippen LogP contribution < -0.4 is 4.74 Å². The number of aryl methyl sites for hydroxylation is 1. The maximum absolute atomic E-state index is 12.5. The molecule has 1 unspecified atom stereocenters. The van der Waals surface area contributed by atoms with Gasteiger partial charge in [0, 0.05) is 32.0 Å². The molecule has 9 nitrogen and oxygen atoms in total. The van der Waals surface area contributed by atoms with Gasteiger partial charge in [-0.15, -0.1) is 5.10 Å². The van der Waals surface area contributed by atoms with E-state index in [4.69, 9.17) is 4.74 Å². The summed E-state index contributed by atoms with van der Waals surface area (Å²) in [5.41, 5.74) is 0.773. The van der Waals surface area contributed by atoms with Crippen LogP contribution in [0.15, 0.2) is 12.1 Å². The molecule has 1 aromatic rings. The van der Waals surface area contributed by atoms with Crippen LogP contribution in [0, 0.1) is 6.92 Å². The van der Waals surface area contributed by atoms with Crippen LogP contribution in [-0.2, 0) is 19.6 Å². The number of imide groups is 1. The number of aromatic nitrogens is 2. The number of sulfonamides is 1. The summed E-state index contributed by atoms with van der Waals surface area (Å²) < 4.78 is 32.1. The number of amides is 2. The highest BCUT2D eigenvalue weighted by atomic mass is 32.2. The molecule has 26 heavy (non-hydrogen) atoms. The largest absolute Gasteiger partial charge is 0.472 e. The fourth-order valence-corrected chi connectivity index (χ4v) is 4.50. The first-order valence-electron chi connectivity index (χ1n) is 8.63. The number of carbonyl (C=O) groups excluding carboxylic acids is 2. The average Bonchev–Trinajstić information content (AvgIpc) is 3.06. The smallest absolute Gasteiger partial charge is 0.233 e. The highest BCUT2D eigenvalue weighted by Crippen LogP contribution is 2.20. The van der Waals surface area contributed by atoms with Crippen molar-refractivity contribution in [1.82, 2.24) is 19.4 Å². The van der Waals surface area contributed by atoms with E-state index in [1.165, 1.54) is 4.31 Å². The van der Waals surface area contributed by atoms with Crippen LogP contribution in [0.1, 0.15) is 31.4 Å². The van der Waals surface area contributed by atoms with Crippen molar-refractivity contribution in [1.29, 1.82) is 0 Å². The fourth-order valence-electron chi connectivity index (χ4n) is 3.05. The SMILES string of the molecule is Cc1ccc(OC2CCN(S(=O)(=O)CCN3C(=O)CCCC3=O)C2)nn1. The summed E-state index contributed by atoms with van der Waals surface area (Å²) in [6.45, 7) is 2.29. The van der Waals surface area contributed by atoms with E-state index >= 15 is 0 Å². The Kier molecular flexibility index (Phi) is 5.52. The predicted molar refractivity (Wildman–Crippen MR) is 91.7 cm³/mol. The zero-order valence-electron chi connectivity index (χ0n) is 14.6. The molecule has 142 valence electrons. The molecule has 2 aliphatic heterocycles. The number of carbonyl (C=O) groups is 2. The van der Waals surface area contributed by atoms with Crippen LogP contribution in [0.5, 0.6) is 5.88 Å². The van der Waals surface area contributed by atoms with Crippen molar-refractivity contribution in [3.05, 3.63) is 17.8 Å². The Labute approximate surface area is 152 Å². The molecule has 2 saturated heterocycles. The van der Waals surface area contributed by atoms with Crippen molar-refractivity contribution in [3.8, 4) is 5.88 Å². The van der Waals surface area contributed by atoms with Gasteiger partial charge >= 0.3 is 0 Å². The summed E-state index contributed by atoms with van der Waals surface area (Å²) >= 11 is 0. The molecule has 2 fully saturated rings. The summed E-state index contributed by atoms with van der Waals surface area (Å²) in [4.78, 5) is 24.6. The van der Waals surface area contributed by atoms with E-state index < -0.39 is 10.0 Å². The summed E-state index contributed by atoms with van der Waals surface area (Å²) in [7, 11) is -3.57. The topological polar surface area (TPSA) is 110 Å². The summed E-state index contributed by atoms with van der Waals surface area (Å²) in [5.74, 6) is -0.486. The molecule has 10 heteroatoms. The van der Waals surface area contributed by atoms with Crippen LogP contribution in [0.3, 0.4) is 0 Å². The van der Waals surface area contributed by atoms with E-state index in [0.717, 1.165) is 10.6 Å². The number of hydrogen-bond acceptors (Lipinski definition) is 7. The van der Waals surface area contributed by atoms with E-state index in [1.807, 2.05) is 6.92 Å². The molecular formula is C16H22N4O5S. The van der Waals surface area contributed by atoms with Crippen LogP contribution in [0.2, 0.25) is 0 Å². The number of piperidine rings is 1. The molecule has 1 aromatic heterocycles. The van der Waals surface area contributed by atoms with Gasteiger partial charge in [0.05, 0.1) is 18.0 Å². The molecule has 0 saturated carbocycles.